The van der Waals surface area contributed by atoms with Crippen molar-refractivity contribution in [2.75, 3.05) is 17.2 Å². The highest BCUT2D eigenvalue weighted by Gasteiger charge is 2.28. The van der Waals surface area contributed by atoms with Crippen molar-refractivity contribution in [2.45, 2.75) is 19.9 Å². The van der Waals surface area contributed by atoms with Crippen LogP contribution in [0.15, 0.2) is 66.7 Å². The Bertz CT molecular complexity index is 1220. The lowest BCUT2D eigenvalue weighted by atomic mass is 9.98. The zero-order chi connectivity index (χ0) is 23.4. The van der Waals surface area contributed by atoms with E-state index in [4.69, 9.17) is 5.11 Å². The number of rotatable bonds is 8. The molecule has 3 aromatic carbocycles. The van der Waals surface area contributed by atoms with Crippen LogP contribution in [0.25, 0.3) is 11.3 Å². The smallest absolute Gasteiger partial charge is 0.307 e. The number of carboxylic acids is 1. The Morgan fingerprint density at radius 1 is 1.00 bits per heavy atom. The number of aliphatic carboxylic acids is 1. The van der Waals surface area contributed by atoms with Crippen molar-refractivity contribution in [1.29, 1.82) is 0 Å². The summed E-state index contributed by atoms with van der Waals surface area (Å²) in [4.78, 5) is 23.9. The minimum Gasteiger partial charge on any atom is -0.481 e. The maximum Gasteiger partial charge on any atom is 0.307 e. The normalized spacial score (nSPS) is 13.9. The van der Waals surface area contributed by atoms with E-state index in [0.717, 1.165) is 24.3 Å². The van der Waals surface area contributed by atoms with Gasteiger partial charge in [0.05, 0.1) is 23.4 Å². The molecule has 1 aliphatic rings. The van der Waals surface area contributed by atoms with Gasteiger partial charge in [0.15, 0.2) is 0 Å². The second-order valence-electron chi connectivity index (χ2n) is 7.76. The van der Waals surface area contributed by atoms with Gasteiger partial charge in [-0.1, -0.05) is 43.3 Å². The molecule has 0 atom stereocenters. The maximum atomic E-state index is 13.7. The van der Waals surface area contributed by atoms with Gasteiger partial charge in [-0.2, -0.15) is 0 Å². The van der Waals surface area contributed by atoms with Crippen molar-refractivity contribution in [2.24, 2.45) is 0 Å². The molecule has 33 heavy (non-hydrogen) atoms. The van der Waals surface area contributed by atoms with E-state index in [9.17, 15) is 14.0 Å². The van der Waals surface area contributed by atoms with Crippen LogP contribution in [0.3, 0.4) is 0 Å². The standard InChI is InChI=1S/C26H24FN3O3/c1-2-28-15-17-5-10-20(11-6-17)29-25(18-7-3-16(4-8-18)13-23(31)32)24-21-12-9-19(27)14-22(21)30-26(24)33/h3-12,14,28-29H,2,13,15H2,1H3,(H,30,33)(H,31,32). The molecule has 1 aliphatic heterocycles. The lowest BCUT2D eigenvalue weighted by Crippen LogP contribution is -2.12. The van der Waals surface area contributed by atoms with Crippen molar-refractivity contribution < 1.29 is 19.1 Å². The number of fused-ring (bicyclic) bond motifs is 1. The monoisotopic (exact) mass is 445 g/mol. The van der Waals surface area contributed by atoms with E-state index in [0.29, 0.717) is 33.6 Å². The third kappa shape index (κ3) is 5.10. The first-order valence-electron chi connectivity index (χ1n) is 10.7. The molecule has 0 saturated heterocycles. The van der Waals surface area contributed by atoms with E-state index in [2.05, 4.69) is 16.0 Å². The third-order valence-electron chi connectivity index (χ3n) is 5.38. The van der Waals surface area contributed by atoms with Crippen LogP contribution in [0.1, 0.15) is 29.2 Å². The Kier molecular flexibility index (Phi) is 6.51. The van der Waals surface area contributed by atoms with Gasteiger partial charge in [0.2, 0.25) is 0 Å². The van der Waals surface area contributed by atoms with Crippen LogP contribution in [0.2, 0.25) is 0 Å². The first kappa shape index (κ1) is 22.2. The quantitative estimate of drug-likeness (QED) is 0.384. The summed E-state index contributed by atoms with van der Waals surface area (Å²) < 4.78 is 13.7. The van der Waals surface area contributed by atoms with Crippen molar-refractivity contribution in [3.8, 4) is 0 Å². The maximum absolute atomic E-state index is 13.7. The summed E-state index contributed by atoms with van der Waals surface area (Å²) in [5, 5.41) is 18.4. The van der Waals surface area contributed by atoms with E-state index >= 15 is 0 Å². The molecule has 6 nitrogen and oxygen atoms in total. The van der Waals surface area contributed by atoms with E-state index in [1.165, 1.54) is 12.1 Å². The Hall–Kier alpha value is -3.97. The highest BCUT2D eigenvalue weighted by molar-refractivity contribution is 6.37. The van der Waals surface area contributed by atoms with Crippen molar-refractivity contribution >= 4 is 34.5 Å². The summed E-state index contributed by atoms with van der Waals surface area (Å²) in [5.41, 5.74) is 5.25. The molecule has 1 heterocycles. The highest BCUT2D eigenvalue weighted by Crippen LogP contribution is 2.38. The number of nitrogens with one attached hydrogen (secondary N) is 3. The van der Waals surface area contributed by atoms with E-state index in [-0.39, 0.29) is 12.3 Å². The Morgan fingerprint density at radius 2 is 1.70 bits per heavy atom. The number of anilines is 2. The summed E-state index contributed by atoms with van der Waals surface area (Å²) in [6.07, 6.45) is -0.0878. The van der Waals surface area contributed by atoms with Gasteiger partial charge in [-0.05, 0) is 53.6 Å². The third-order valence-corrected chi connectivity index (χ3v) is 5.38. The van der Waals surface area contributed by atoms with Crippen LogP contribution in [0, 0.1) is 5.82 Å². The number of benzene rings is 3. The second-order valence-corrected chi connectivity index (χ2v) is 7.76. The first-order chi connectivity index (χ1) is 15.9. The zero-order valence-corrected chi connectivity index (χ0v) is 18.1. The molecule has 0 aliphatic carbocycles. The van der Waals surface area contributed by atoms with Crippen LogP contribution in [-0.2, 0) is 22.6 Å². The molecule has 4 rings (SSSR count). The predicted octanol–water partition coefficient (Wildman–Crippen LogP) is 4.49. The van der Waals surface area contributed by atoms with Crippen LogP contribution in [0.4, 0.5) is 15.8 Å². The lowest BCUT2D eigenvalue weighted by Gasteiger charge is -2.16. The summed E-state index contributed by atoms with van der Waals surface area (Å²) >= 11 is 0. The Morgan fingerprint density at radius 3 is 2.36 bits per heavy atom. The number of hydrogen-bond acceptors (Lipinski definition) is 4. The fourth-order valence-electron chi connectivity index (χ4n) is 3.76. The Labute approximate surface area is 191 Å². The van der Waals surface area contributed by atoms with E-state index < -0.39 is 11.8 Å². The number of halogens is 1. The molecule has 3 aromatic rings. The van der Waals surface area contributed by atoms with Gasteiger partial charge < -0.3 is 21.1 Å². The molecule has 0 spiro atoms. The minimum atomic E-state index is -0.914. The number of carbonyl (C=O) groups is 2. The lowest BCUT2D eigenvalue weighted by molar-refractivity contribution is -0.136. The molecule has 0 unspecified atom stereocenters. The highest BCUT2D eigenvalue weighted by atomic mass is 19.1. The largest absolute Gasteiger partial charge is 0.481 e. The molecule has 7 heteroatoms. The predicted molar refractivity (Wildman–Crippen MR) is 127 cm³/mol. The topological polar surface area (TPSA) is 90.5 Å². The summed E-state index contributed by atoms with van der Waals surface area (Å²) in [5.74, 6) is -1.68. The van der Waals surface area contributed by atoms with Gasteiger partial charge in [0.25, 0.3) is 5.91 Å². The fourth-order valence-corrected chi connectivity index (χ4v) is 3.76. The van der Waals surface area contributed by atoms with Crippen molar-refractivity contribution in [3.05, 3.63) is 94.8 Å². The molecular formula is C26H24FN3O3. The molecule has 0 aromatic heterocycles. The van der Waals surface area contributed by atoms with Crippen molar-refractivity contribution in [3.63, 3.8) is 0 Å². The SMILES string of the molecule is CCNCc1ccc(NC(=C2C(=O)Nc3cc(F)ccc32)c2ccc(CC(=O)O)cc2)cc1. The molecule has 0 saturated carbocycles. The van der Waals surface area contributed by atoms with Crippen LogP contribution in [0.5, 0.6) is 0 Å². The number of carbonyl (C=O) groups excluding carboxylic acids is 1. The first-order valence-corrected chi connectivity index (χ1v) is 10.7. The minimum absolute atomic E-state index is 0.0878. The van der Waals surface area contributed by atoms with Gasteiger partial charge in [-0.3, -0.25) is 9.59 Å². The van der Waals surface area contributed by atoms with Gasteiger partial charge in [-0.15, -0.1) is 0 Å². The van der Waals surface area contributed by atoms with Gasteiger partial charge >= 0.3 is 5.97 Å². The average Bonchev–Trinajstić information content (AvgIpc) is 3.11. The van der Waals surface area contributed by atoms with E-state index in [1.807, 2.05) is 31.2 Å². The molecule has 1 amide bonds. The molecule has 4 N–H and O–H groups in total. The molecule has 168 valence electrons. The van der Waals surface area contributed by atoms with Crippen LogP contribution >= 0.6 is 0 Å². The molecule has 0 fully saturated rings. The van der Waals surface area contributed by atoms with Gasteiger partial charge in [-0.25, -0.2) is 4.39 Å². The number of carboxylic acid groups (broad SMARTS) is 1. The second kappa shape index (κ2) is 9.67. The molecular weight excluding hydrogens is 421 g/mol. The van der Waals surface area contributed by atoms with Gasteiger partial charge in [0, 0.05) is 17.8 Å². The molecule has 0 bridgehead atoms. The number of amides is 1. The Balaban J connectivity index is 1.76. The van der Waals surface area contributed by atoms with Crippen molar-refractivity contribution in [1.82, 2.24) is 5.32 Å². The average molecular weight is 445 g/mol. The van der Waals surface area contributed by atoms with Crippen LogP contribution in [-0.4, -0.2) is 23.5 Å². The number of hydrogen-bond donors (Lipinski definition) is 4. The fraction of sp³-hybridized carbons (Fsp3) is 0.154. The van der Waals surface area contributed by atoms with Crippen LogP contribution < -0.4 is 16.0 Å². The van der Waals surface area contributed by atoms with E-state index in [1.54, 1.807) is 30.3 Å². The summed E-state index contributed by atoms with van der Waals surface area (Å²) in [6.45, 7) is 3.69. The zero-order valence-electron chi connectivity index (χ0n) is 18.1. The summed E-state index contributed by atoms with van der Waals surface area (Å²) in [6, 6.07) is 19.1. The molecule has 0 radical (unpaired) electrons. The summed E-state index contributed by atoms with van der Waals surface area (Å²) in [7, 11) is 0. The van der Waals surface area contributed by atoms with Gasteiger partial charge in [0.1, 0.15) is 5.82 Å².